The highest BCUT2D eigenvalue weighted by Crippen LogP contribution is 2.23. The number of carbonyl (C=O) groups excluding carboxylic acids is 1. The molecule has 1 amide bonds. The molecular weight excluding hydrogens is 415 g/mol. The van der Waals surface area contributed by atoms with Crippen molar-refractivity contribution in [1.82, 2.24) is 20.1 Å². The second-order valence-corrected chi connectivity index (χ2v) is 7.06. The second kappa shape index (κ2) is 10.5. The average Bonchev–Trinajstić information content (AvgIpc) is 3.20. The van der Waals surface area contributed by atoms with Crippen LogP contribution in [-0.4, -0.2) is 51.4 Å². The zero-order valence-corrected chi connectivity index (χ0v) is 17.8. The Kier molecular flexibility index (Phi) is 7.50. The van der Waals surface area contributed by atoms with E-state index in [1.54, 1.807) is 36.1 Å². The van der Waals surface area contributed by atoms with Crippen LogP contribution < -0.4 is 16.0 Å². The predicted molar refractivity (Wildman–Crippen MR) is 119 cm³/mol. The molecule has 1 atom stereocenters. The van der Waals surface area contributed by atoms with Crippen LogP contribution in [0.3, 0.4) is 0 Å². The van der Waals surface area contributed by atoms with Crippen LogP contribution in [0.15, 0.2) is 48.7 Å². The van der Waals surface area contributed by atoms with Crippen LogP contribution in [-0.2, 0) is 22.6 Å². The molecule has 10 heteroatoms. The molecule has 4 N–H and O–H groups in total. The topological polar surface area (TPSA) is 121 Å². The van der Waals surface area contributed by atoms with Gasteiger partial charge in [-0.15, -0.1) is 0 Å². The van der Waals surface area contributed by atoms with Crippen molar-refractivity contribution in [3.8, 4) is 11.3 Å². The third kappa shape index (κ3) is 5.88. The first-order valence-corrected chi connectivity index (χ1v) is 10.1. The number of carboxylic acid groups (broad SMARTS) is 1. The number of nitrogens with one attached hydrogen (secondary N) is 3. The maximum atomic E-state index is 13.2. The van der Waals surface area contributed by atoms with Gasteiger partial charge >= 0.3 is 5.97 Å². The minimum atomic E-state index is -1.08. The van der Waals surface area contributed by atoms with E-state index in [9.17, 15) is 14.0 Å². The normalized spacial score (nSPS) is 11.7. The smallest absolute Gasteiger partial charge is 0.317 e. The van der Waals surface area contributed by atoms with Gasteiger partial charge in [-0.1, -0.05) is 12.1 Å². The molecule has 32 heavy (non-hydrogen) atoms. The molecule has 0 spiro atoms. The third-order valence-electron chi connectivity index (χ3n) is 4.81. The second-order valence-electron chi connectivity index (χ2n) is 7.06. The molecule has 0 aliphatic heterocycles. The molecular formula is C22H25FN6O3. The molecule has 3 aromatic rings. The van der Waals surface area contributed by atoms with Crippen molar-refractivity contribution in [2.75, 3.05) is 24.2 Å². The number of aliphatic carboxylic acids is 1. The average molecular weight is 440 g/mol. The Hall–Kier alpha value is -3.79. The number of pyridine rings is 1. The number of carbonyl (C=O) groups is 2. The highest BCUT2D eigenvalue weighted by atomic mass is 19.1. The molecule has 0 fully saturated rings. The quantitative estimate of drug-likeness (QED) is 0.382. The summed E-state index contributed by atoms with van der Waals surface area (Å²) < 4.78 is 14.9. The molecule has 1 aromatic carbocycles. The Balaban J connectivity index is 1.81. The summed E-state index contributed by atoms with van der Waals surface area (Å²) in [5.41, 5.74) is 2.19. The van der Waals surface area contributed by atoms with Gasteiger partial charge in [-0.05, 0) is 43.2 Å². The Morgan fingerprint density at radius 2 is 1.94 bits per heavy atom. The maximum Gasteiger partial charge on any atom is 0.317 e. The van der Waals surface area contributed by atoms with Gasteiger partial charge in [0.15, 0.2) is 0 Å². The number of halogens is 1. The number of aromatic nitrogens is 3. The number of hydrogen-bond acceptors (Lipinski definition) is 6. The van der Waals surface area contributed by atoms with E-state index in [2.05, 4.69) is 26.0 Å². The van der Waals surface area contributed by atoms with Crippen molar-refractivity contribution in [2.24, 2.45) is 0 Å². The fourth-order valence-corrected chi connectivity index (χ4v) is 3.16. The summed E-state index contributed by atoms with van der Waals surface area (Å²) in [4.78, 5) is 28.2. The molecule has 0 aliphatic rings. The molecule has 0 unspecified atom stereocenters. The van der Waals surface area contributed by atoms with Crippen molar-refractivity contribution in [1.29, 1.82) is 0 Å². The number of carboxylic acids is 1. The fourth-order valence-electron chi connectivity index (χ4n) is 3.16. The Labute approximate surface area is 184 Å². The summed E-state index contributed by atoms with van der Waals surface area (Å²) in [6.07, 6.45) is 1.86. The number of aryl methyl sites for hydroxylation is 1. The molecule has 3 rings (SSSR count). The number of anilines is 2. The summed E-state index contributed by atoms with van der Waals surface area (Å²) in [5, 5.41) is 22.1. The van der Waals surface area contributed by atoms with Crippen LogP contribution in [0, 0.1) is 5.82 Å². The van der Waals surface area contributed by atoms with Crippen LogP contribution in [0.5, 0.6) is 0 Å². The van der Waals surface area contributed by atoms with Gasteiger partial charge in [0.25, 0.3) is 0 Å². The zero-order valence-electron chi connectivity index (χ0n) is 17.8. The number of hydrogen-bond donors (Lipinski definition) is 4. The number of amides is 1. The first-order chi connectivity index (χ1) is 15.4. The molecule has 2 aromatic heterocycles. The van der Waals surface area contributed by atoms with Gasteiger partial charge in [0, 0.05) is 31.4 Å². The summed E-state index contributed by atoms with van der Waals surface area (Å²) in [5.74, 6) is -0.707. The van der Waals surface area contributed by atoms with E-state index in [0.717, 1.165) is 5.56 Å². The van der Waals surface area contributed by atoms with E-state index < -0.39 is 17.9 Å². The minimum absolute atomic E-state index is 0.197. The van der Waals surface area contributed by atoms with E-state index in [4.69, 9.17) is 5.11 Å². The molecule has 0 bridgehead atoms. The molecule has 0 radical (unpaired) electrons. The van der Waals surface area contributed by atoms with Crippen molar-refractivity contribution in [2.45, 2.75) is 25.9 Å². The molecule has 0 saturated heterocycles. The predicted octanol–water partition coefficient (Wildman–Crippen LogP) is 2.37. The van der Waals surface area contributed by atoms with E-state index in [-0.39, 0.29) is 18.8 Å². The number of nitrogens with zero attached hydrogens (tertiary/aromatic N) is 3. The lowest BCUT2D eigenvalue weighted by Gasteiger charge is -2.18. The fraction of sp³-hybridized carbons (Fsp3) is 0.273. The van der Waals surface area contributed by atoms with Gasteiger partial charge in [-0.3, -0.25) is 14.9 Å². The molecule has 9 nitrogen and oxygen atoms in total. The van der Waals surface area contributed by atoms with Crippen LogP contribution >= 0.6 is 0 Å². The van der Waals surface area contributed by atoms with Gasteiger partial charge in [0.2, 0.25) is 5.91 Å². The highest BCUT2D eigenvalue weighted by molar-refractivity contribution is 5.95. The first-order valence-electron chi connectivity index (χ1n) is 10.1. The maximum absolute atomic E-state index is 13.2. The van der Waals surface area contributed by atoms with E-state index in [1.165, 1.54) is 12.1 Å². The Morgan fingerprint density at radius 3 is 2.59 bits per heavy atom. The van der Waals surface area contributed by atoms with Gasteiger partial charge in [-0.2, -0.15) is 5.10 Å². The summed E-state index contributed by atoms with van der Waals surface area (Å²) in [6.45, 7) is 2.03. The van der Waals surface area contributed by atoms with E-state index in [1.807, 2.05) is 19.1 Å². The number of benzene rings is 1. The zero-order chi connectivity index (χ0) is 23.1. The highest BCUT2D eigenvalue weighted by Gasteiger charge is 2.22. The van der Waals surface area contributed by atoms with Crippen LogP contribution in [0.2, 0.25) is 0 Å². The largest absolute Gasteiger partial charge is 0.480 e. The van der Waals surface area contributed by atoms with Gasteiger partial charge in [-0.25, -0.2) is 14.1 Å². The Bertz CT molecular complexity index is 1080. The van der Waals surface area contributed by atoms with Gasteiger partial charge in [0.1, 0.15) is 17.5 Å². The monoisotopic (exact) mass is 440 g/mol. The van der Waals surface area contributed by atoms with Crippen LogP contribution in [0.25, 0.3) is 11.3 Å². The molecule has 2 heterocycles. The van der Waals surface area contributed by atoms with Gasteiger partial charge in [0.05, 0.1) is 18.3 Å². The van der Waals surface area contributed by atoms with Crippen LogP contribution in [0.1, 0.15) is 12.5 Å². The molecule has 168 valence electrons. The lowest BCUT2D eigenvalue weighted by Crippen LogP contribution is -2.44. The van der Waals surface area contributed by atoms with Crippen molar-refractivity contribution in [3.63, 3.8) is 0 Å². The first kappa shape index (κ1) is 22.9. The summed E-state index contributed by atoms with van der Waals surface area (Å²) in [6, 6.07) is 10.3. The number of rotatable bonds is 10. The van der Waals surface area contributed by atoms with E-state index >= 15 is 0 Å². The van der Waals surface area contributed by atoms with Crippen molar-refractivity contribution < 1.29 is 19.1 Å². The van der Waals surface area contributed by atoms with E-state index in [0.29, 0.717) is 29.4 Å². The van der Waals surface area contributed by atoms with Crippen molar-refractivity contribution in [3.05, 3.63) is 60.0 Å². The molecule has 0 saturated carbocycles. The lowest BCUT2D eigenvalue weighted by molar-refractivity contribution is -0.136. The summed E-state index contributed by atoms with van der Waals surface area (Å²) in [7, 11) is 1.77. The molecule has 0 aliphatic carbocycles. The van der Waals surface area contributed by atoms with Crippen molar-refractivity contribution >= 4 is 23.5 Å². The van der Waals surface area contributed by atoms with Gasteiger partial charge < -0.3 is 15.7 Å². The van der Waals surface area contributed by atoms with Crippen LogP contribution in [0.4, 0.5) is 16.0 Å². The third-order valence-corrected chi connectivity index (χ3v) is 4.81. The Morgan fingerprint density at radius 1 is 1.19 bits per heavy atom. The minimum Gasteiger partial charge on any atom is -0.480 e. The lowest BCUT2D eigenvalue weighted by atomic mass is 10.1. The standard InChI is InChI=1S/C22H25FN6O3/c1-3-29-20(12-17(28-29)15-8-9-25-19(11-15)24-2)27-22(32)18(26-13-21(30)31)10-14-4-6-16(23)7-5-14/h4-9,11-12,18,26H,3,10,13H2,1-2H3,(H,24,25)(H,27,32)(H,30,31)/t18-/m0/s1. The SMILES string of the molecule is CCn1nc(-c2ccnc(NC)c2)cc1NC(=O)[C@H](Cc1ccc(F)cc1)NCC(=O)O. The summed E-state index contributed by atoms with van der Waals surface area (Å²) >= 11 is 0.